The van der Waals surface area contributed by atoms with Gasteiger partial charge in [0.15, 0.2) is 0 Å². The highest BCUT2D eigenvalue weighted by Crippen LogP contribution is 2.25. The molecule has 1 aliphatic carbocycles. The van der Waals surface area contributed by atoms with Crippen molar-refractivity contribution in [2.75, 3.05) is 7.11 Å². The largest absolute Gasteiger partial charge is 0.469 e. The molecule has 1 N–H and O–H groups in total. The Morgan fingerprint density at radius 2 is 2.10 bits per heavy atom. The Kier molecular flexibility index (Phi) is 5.56. The highest BCUT2D eigenvalue weighted by molar-refractivity contribution is 6.33. The topological polar surface area (TPSA) is 68.3 Å². The fraction of sp³-hybridized carbons (Fsp3) is 0.533. The number of ether oxygens (including phenoxy) is 1. The third-order valence-electron chi connectivity index (χ3n) is 3.85. The van der Waals surface area contributed by atoms with Crippen molar-refractivity contribution in [3.8, 4) is 0 Å². The van der Waals surface area contributed by atoms with Gasteiger partial charge in [0.1, 0.15) is 0 Å². The van der Waals surface area contributed by atoms with E-state index in [1.54, 1.807) is 6.07 Å². The Labute approximate surface area is 129 Å². The molecule has 6 heteroatoms. The Hall–Kier alpha value is -1.62. The minimum Gasteiger partial charge on any atom is -0.469 e. The van der Waals surface area contributed by atoms with E-state index in [0.29, 0.717) is 10.6 Å². The molecule has 0 bridgehead atoms. The van der Waals surface area contributed by atoms with Crippen LogP contribution >= 0.6 is 11.6 Å². The van der Waals surface area contributed by atoms with Crippen LogP contribution in [0.4, 0.5) is 0 Å². The van der Waals surface area contributed by atoms with Crippen LogP contribution in [0.2, 0.25) is 5.02 Å². The molecule has 1 amide bonds. The third-order valence-corrected chi connectivity index (χ3v) is 4.15. The number of amides is 1. The lowest BCUT2D eigenvalue weighted by atomic mass is 9.94. The van der Waals surface area contributed by atoms with Crippen LogP contribution < -0.4 is 5.32 Å². The molecule has 0 unspecified atom stereocenters. The maximum Gasteiger partial charge on any atom is 0.310 e. The number of rotatable bonds is 3. The summed E-state index contributed by atoms with van der Waals surface area (Å²) >= 11 is 5.98. The monoisotopic (exact) mass is 310 g/mol. The van der Waals surface area contributed by atoms with Gasteiger partial charge in [0.25, 0.3) is 5.91 Å². The van der Waals surface area contributed by atoms with Crippen molar-refractivity contribution in [3.05, 3.63) is 29.0 Å². The Bertz CT molecular complexity index is 521. The number of pyridine rings is 1. The van der Waals surface area contributed by atoms with E-state index in [0.717, 1.165) is 32.1 Å². The van der Waals surface area contributed by atoms with Crippen LogP contribution in [-0.4, -0.2) is 30.0 Å². The molecule has 114 valence electrons. The van der Waals surface area contributed by atoms with E-state index in [1.807, 2.05) is 0 Å². The van der Waals surface area contributed by atoms with Gasteiger partial charge < -0.3 is 10.1 Å². The quantitative estimate of drug-likeness (QED) is 0.688. The van der Waals surface area contributed by atoms with Gasteiger partial charge in [-0.05, 0) is 18.9 Å². The lowest BCUT2D eigenvalue weighted by molar-refractivity contribution is -0.146. The number of carbonyl (C=O) groups excluding carboxylic acids is 2. The number of nitrogens with one attached hydrogen (secondary N) is 1. The summed E-state index contributed by atoms with van der Waals surface area (Å²) in [5.41, 5.74) is 0.375. The Morgan fingerprint density at radius 3 is 2.81 bits per heavy atom. The van der Waals surface area contributed by atoms with Gasteiger partial charge in [-0.15, -0.1) is 0 Å². The highest BCUT2D eigenvalue weighted by atomic mass is 35.5. The van der Waals surface area contributed by atoms with Crippen LogP contribution in [0.15, 0.2) is 18.5 Å². The number of carbonyl (C=O) groups is 2. The average Bonchev–Trinajstić information content (AvgIpc) is 2.72. The van der Waals surface area contributed by atoms with Crippen molar-refractivity contribution in [1.82, 2.24) is 10.3 Å². The van der Waals surface area contributed by atoms with Crippen LogP contribution in [-0.2, 0) is 9.53 Å². The zero-order valence-electron chi connectivity index (χ0n) is 12.0. The van der Waals surface area contributed by atoms with Crippen LogP contribution in [0.3, 0.4) is 0 Å². The van der Waals surface area contributed by atoms with Crippen molar-refractivity contribution in [2.24, 2.45) is 5.92 Å². The molecule has 1 fully saturated rings. The molecule has 21 heavy (non-hydrogen) atoms. The number of esters is 1. The van der Waals surface area contributed by atoms with E-state index in [2.05, 4.69) is 10.3 Å². The molecule has 1 aromatic heterocycles. The van der Waals surface area contributed by atoms with Crippen molar-refractivity contribution >= 4 is 23.5 Å². The SMILES string of the molecule is COC(=O)[C@H]1CCCCC[C@@H]1NC(=O)c1ccncc1Cl. The predicted octanol–water partition coefficient (Wildman–Crippen LogP) is 2.59. The molecular formula is C15H19ClN2O3. The summed E-state index contributed by atoms with van der Waals surface area (Å²) in [6, 6.07) is 1.36. The van der Waals surface area contributed by atoms with Crippen LogP contribution in [0.1, 0.15) is 42.5 Å². The van der Waals surface area contributed by atoms with E-state index in [-0.39, 0.29) is 23.8 Å². The van der Waals surface area contributed by atoms with Gasteiger partial charge in [-0.2, -0.15) is 0 Å². The molecule has 0 saturated heterocycles. The number of nitrogens with zero attached hydrogens (tertiary/aromatic N) is 1. The van der Waals surface area contributed by atoms with E-state index < -0.39 is 0 Å². The minimum atomic E-state index is -0.290. The maximum absolute atomic E-state index is 12.3. The molecule has 2 rings (SSSR count). The summed E-state index contributed by atoms with van der Waals surface area (Å²) in [6.07, 6.45) is 7.49. The molecule has 0 aliphatic heterocycles. The summed E-state index contributed by atoms with van der Waals surface area (Å²) in [6.45, 7) is 0. The lowest BCUT2D eigenvalue weighted by Gasteiger charge is -2.24. The fourth-order valence-corrected chi connectivity index (χ4v) is 2.92. The number of hydrogen-bond donors (Lipinski definition) is 1. The summed E-state index contributed by atoms with van der Waals surface area (Å²) in [7, 11) is 1.38. The molecule has 1 aromatic rings. The van der Waals surface area contributed by atoms with E-state index >= 15 is 0 Å². The van der Waals surface area contributed by atoms with Gasteiger partial charge in [-0.3, -0.25) is 14.6 Å². The molecular weight excluding hydrogens is 292 g/mol. The van der Waals surface area contributed by atoms with Gasteiger partial charge in [0, 0.05) is 18.4 Å². The molecule has 0 aromatic carbocycles. The fourth-order valence-electron chi connectivity index (χ4n) is 2.72. The van der Waals surface area contributed by atoms with Gasteiger partial charge in [0.05, 0.1) is 23.6 Å². The second-order valence-electron chi connectivity index (χ2n) is 5.20. The van der Waals surface area contributed by atoms with Gasteiger partial charge in [-0.25, -0.2) is 0 Å². The third kappa shape index (κ3) is 3.94. The van der Waals surface area contributed by atoms with Gasteiger partial charge in [0.2, 0.25) is 0 Å². The van der Waals surface area contributed by atoms with Crippen molar-refractivity contribution < 1.29 is 14.3 Å². The Balaban J connectivity index is 2.12. The van der Waals surface area contributed by atoms with Gasteiger partial charge >= 0.3 is 5.97 Å². The molecule has 5 nitrogen and oxygen atoms in total. The van der Waals surface area contributed by atoms with Crippen LogP contribution in [0.25, 0.3) is 0 Å². The normalized spacial score (nSPS) is 22.2. The van der Waals surface area contributed by atoms with Crippen LogP contribution in [0.5, 0.6) is 0 Å². The molecule has 0 spiro atoms. The summed E-state index contributed by atoms with van der Waals surface area (Å²) in [4.78, 5) is 28.1. The van der Waals surface area contributed by atoms with Crippen molar-refractivity contribution in [1.29, 1.82) is 0 Å². The second-order valence-corrected chi connectivity index (χ2v) is 5.61. The molecule has 1 saturated carbocycles. The molecule has 1 heterocycles. The minimum absolute atomic E-state index is 0.211. The number of halogens is 1. The molecule has 0 radical (unpaired) electrons. The zero-order valence-corrected chi connectivity index (χ0v) is 12.7. The first-order chi connectivity index (χ1) is 10.1. The highest BCUT2D eigenvalue weighted by Gasteiger charge is 2.32. The molecule has 1 aliphatic rings. The number of hydrogen-bond acceptors (Lipinski definition) is 4. The summed E-state index contributed by atoms with van der Waals surface area (Å²) < 4.78 is 4.86. The van der Waals surface area contributed by atoms with Gasteiger partial charge in [-0.1, -0.05) is 30.9 Å². The standard InChI is InChI=1S/C15H19ClN2O3/c1-21-15(20)11-5-3-2-4-6-13(11)18-14(19)10-7-8-17-9-12(10)16/h7-9,11,13H,2-6H2,1H3,(H,18,19)/t11-,13-/m0/s1. The van der Waals surface area contributed by atoms with Crippen LogP contribution in [0, 0.1) is 5.92 Å². The predicted molar refractivity (Wildman–Crippen MR) is 79.1 cm³/mol. The smallest absolute Gasteiger partial charge is 0.310 e. The number of methoxy groups -OCH3 is 1. The van der Waals surface area contributed by atoms with Crippen molar-refractivity contribution in [2.45, 2.75) is 38.1 Å². The number of aromatic nitrogens is 1. The van der Waals surface area contributed by atoms with Crippen molar-refractivity contribution in [3.63, 3.8) is 0 Å². The summed E-state index contributed by atoms with van der Waals surface area (Å²) in [5, 5.41) is 3.23. The Morgan fingerprint density at radius 1 is 1.33 bits per heavy atom. The van der Waals surface area contributed by atoms with E-state index in [1.165, 1.54) is 19.5 Å². The lowest BCUT2D eigenvalue weighted by Crippen LogP contribution is -2.43. The maximum atomic E-state index is 12.3. The first kappa shape index (κ1) is 15.8. The van der Waals surface area contributed by atoms with E-state index in [9.17, 15) is 9.59 Å². The molecule has 2 atom stereocenters. The average molecular weight is 311 g/mol. The summed E-state index contributed by atoms with van der Waals surface area (Å²) in [5.74, 6) is -0.826. The first-order valence-electron chi connectivity index (χ1n) is 7.11. The second kappa shape index (κ2) is 7.41. The zero-order chi connectivity index (χ0) is 15.2. The van der Waals surface area contributed by atoms with E-state index in [4.69, 9.17) is 16.3 Å². The first-order valence-corrected chi connectivity index (χ1v) is 7.49.